The van der Waals surface area contributed by atoms with Crippen LogP contribution in [0.3, 0.4) is 0 Å². The molecule has 1 aromatic carbocycles. The third-order valence-electron chi connectivity index (χ3n) is 2.36. The van der Waals surface area contributed by atoms with Crippen molar-refractivity contribution in [3.8, 4) is 0 Å². The molecule has 2 nitrogen and oxygen atoms in total. The largest absolute Gasteiger partial charge is 0.377 e. The molecule has 1 atom stereocenters. The quantitative estimate of drug-likeness (QED) is 0.868. The van der Waals surface area contributed by atoms with Crippen molar-refractivity contribution in [2.75, 3.05) is 5.32 Å². The molecule has 0 saturated heterocycles. The summed E-state index contributed by atoms with van der Waals surface area (Å²) in [7, 11) is 0. The zero-order valence-corrected chi connectivity index (χ0v) is 9.78. The Morgan fingerprint density at radius 3 is 2.50 bits per heavy atom. The van der Waals surface area contributed by atoms with Crippen molar-refractivity contribution in [2.24, 2.45) is 0 Å². The minimum absolute atomic E-state index is 0.183. The van der Waals surface area contributed by atoms with Gasteiger partial charge in [-0.25, -0.2) is 0 Å². The lowest BCUT2D eigenvalue weighted by molar-refractivity contribution is 0.839. The predicted octanol–water partition coefficient (Wildman–Crippen LogP) is 3.91. The van der Waals surface area contributed by atoms with Gasteiger partial charge in [-0.1, -0.05) is 17.7 Å². The summed E-state index contributed by atoms with van der Waals surface area (Å²) in [5, 5.41) is 4.11. The van der Waals surface area contributed by atoms with Gasteiger partial charge in [-0.2, -0.15) is 0 Å². The third-order valence-corrected chi connectivity index (χ3v) is 2.61. The first kappa shape index (κ1) is 11.0. The molecule has 2 rings (SSSR count). The lowest BCUT2D eigenvalue weighted by Crippen LogP contribution is -2.07. The molecule has 0 bridgehead atoms. The SMILES string of the molecule is CC(Nc1ccc(Cl)cc1)c1ccccn1. The van der Waals surface area contributed by atoms with Crippen molar-refractivity contribution < 1.29 is 0 Å². The number of anilines is 1. The van der Waals surface area contributed by atoms with Crippen molar-refractivity contribution in [3.63, 3.8) is 0 Å². The van der Waals surface area contributed by atoms with E-state index < -0.39 is 0 Å². The van der Waals surface area contributed by atoms with E-state index in [1.54, 1.807) is 6.20 Å². The van der Waals surface area contributed by atoms with Crippen molar-refractivity contribution in [1.29, 1.82) is 0 Å². The standard InChI is InChI=1S/C13H13ClN2/c1-10(13-4-2-3-9-15-13)16-12-7-5-11(14)6-8-12/h2-10,16H,1H3. The van der Waals surface area contributed by atoms with Gasteiger partial charge in [0.2, 0.25) is 0 Å². The molecule has 0 radical (unpaired) electrons. The second-order valence-electron chi connectivity index (χ2n) is 3.63. The van der Waals surface area contributed by atoms with Crippen molar-refractivity contribution in [2.45, 2.75) is 13.0 Å². The van der Waals surface area contributed by atoms with Crippen LogP contribution in [0.25, 0.3) is 0 Å². The third kappa shape index (κ3) is 2.74. The maximum Gasteiger partial charge on any atom is 0.0657 e. The maximum atomic E-state index is 5.83. The molecule has 1 aromatic heterocycles. The fraction of sp³-hybridized carbons (Fsp3) is 0.154. The Labute approximate surface area is 100 Å². The number of nitrogens with zero attached hydrogens (tertiary/aromatic N) is 1. The monoisotopic (exact) mass is 232 g/mol. The Bertz CT molecular complexity index is 439. The molecular formula is C13H13ClN2. The van der Waals surface area contributed by atoms with E-state index in [1.165, 1.54) is 0 Å². The molecular weight excluding hydrogens is 220 g/mol. The molecule has 3 heteroatoms. The number of benzene rings is 1. The van der Waals surface area contributed by atoms with Gasteiger partial charge in [-0.3, -0.25) is 4.98 Å². The molecule has 0 aliphatic carbocycles. The first-order chi connectivity index (χ1) is 7.75. The van der Waals surface area contributed by atoms with Gasteiger partial charge in [-0.05, 0) is 43.3 Å². The number of aromatic nitrogens is 1. The zero-order valence-electron chi connectivity index (χ0n) is 9.02. The molecule has 0 spiro atoms. The summed E-state index contributed by atoms with van der Waals surface area (Å²) in [5.74, 6) is 0. The number of hydrogen-bond acceptors (Lipinski definition) is 2. The molecule has 1 unspecified atom stereocenters. The average Bonchev–Trinajstić information content (AvgIpc) is 2.33. The Morgan fingerprint density at radius 1 is 1.12 bits per heavy atom. The van der Waals surface area contributed by atoms with Gasteiger partial charge < -0.3 is 5.32 Å². The number of rotatable bonds is 3. The minimum atomic E-state index is 0.183. The van der Waals surface area contributed by atoms with Crippen LogP contribution in [0.15, 0.2) is 48.7 Å². The number of nitrogens with one attached hydrogen (secondary N) is 1. The highest BCUT2D eigenvalue weighted by Gasteiger charge is 2.05. The number of pyridine rings is 1. The molecule has 1 N–H and O–H groups in total. The van der Waals surface area contributed by atoms with Crippen molar-refractivity contribution in [1.82, 2.24) is 4.98 Å². The normalized spacial score (nSPS) is 12.1. The Morgan fingerprint density at radius 2 is 1.88 bits per heavy atom. The summed E-state index contributed by atoms with van der Waals surface area (Å²) < 4.78 is 0. The van der Waals surface area contributed by atoms with E-state index in [9.17, 15) is 0 Å². The van der Waals surface area contributed by atoms with Crippen LogP contribution >= 0.6 is 11.6 Å². The molecule has 1 heterocycles. The summed E-state index contributed by atoms with van der Waals surface area (Å²) in [6, 6.07) is 13.8. The van der Waals surface area contributed by atoms with E-state index in [4.69, 9.17) is 11.6 Å². The lowest BCUT2D eigenvalue weighted by Gasteiger charge is -2.14. The fourth-order valence-electron chi connectivity index (χ4n) is 1.50. The van der Waals surface area contributed by atoms with Gasteiger partial charge in [0.05, 0.1) is 11.7 Å². The van der Waals surface area contributed by atoms with E-state index >= 15 is 0 Å². The summed E-state index contributed by atoms with van der Waals surface area (Å²) in [4.78, 5) is 4.30. The predicted molar refractivity (Wildman–Crippen MR) is 67.7 cm³/mol. The van der Waals surface area contributed by atoms with E-state index in [2.05, 4.69) is 17.2 Å². The Balaban J connectivity index is 2.08. The second-order valence-corrected chi connectivity index (χ2v) is 4.06. The first-order valence-corrected chi connectivity index (χ1v) is 5.56. The molecule has 0 amide bonds. The van der Waals surface area contributed by atoms with Crippen LogP contribution < -0.4 is 5.32 Å². The van der Waals surface area contributed by atoms with E-state index in [0.29, 0.717) is 0 Å². The Hall–Kier alpha value is -1.54. The molecule has 0 saturated carbocycles. The fourth-order valence-corrected chi connectivity index (χ4v) is 1.63. The van der Waals surface area contributed by atoms with Crippen LogP contribution in [0.1, 0.15) is 18.7 Å². The van der Waals surface area contributed by atoms with Gasteiger partial charge in [0.25, 0.3) is 0 Å². The first-order valence-electron chi connectivity index (χ1n) is 5.19. The van der Waals surface area contributed by atoms with Gasteiger partial charge in [-0.15, -0.1) is 0 Å². The van der Waals surface area contributed by atoms with Gasteiger partial charge in [0, 0.05) is 16.9 Å². The molecule has 16 heavy (non-hydrogen) atoms. The molecule has 2 aromatic rings. The average molecular weight is 233 g/mol. The highest BCUT2D eigenvalue weighted by atomic mass is 35.5. The van der Waals surface area contributed by atoms with Crippen LogP contribution in [0.4, 0.5) is 5.69 Å². The van der Waals surface area contributed by atoms with Crippen molar-refractivity contribution in [3.05, 3.63) is 59.4 Å². The number of hydrogen-bond donors (Lipinski definition) is 1. The van der Waals surface area contributed by atoms with Gasteiger partial charge in [0.1, 0.15) is 0 Å². The van der Waals surface area contributed by atoms with Crippen LogP contribution in [-0.2, 0) is 0 Å². The smallest absolute Gasteiger partial charge is 0.0657 e. The molecule has 82 valence electrons. The summed E-state index contributed by atoms with van der Waals surface area (Å²) in [5.41, 5.74) is 2.07. The lowest BCUT2D eigenvalue weighted by atomic mass is 10.2. The summed E-state index contributed by atoms with van der Waals surface area (Å²) in [6.07, 6.45) is 1.80. The van der Waals surface area contributed by atoms with E-state index in [-0.39, 0.29) is 6.04 Å². The summed E-state index contributed by atoms with van der Waals surface area (Å²) >= 11 is 5.83. The Kier molecular flexibility index (Phi) is 3.42. The minimum Gasteiger partial charge on any atom is -0.377 e. The van der Waals surface area contributed by atoms with Gasteiger partial charge in [0.15, 0.2) is 0 Å². The van der Waals surface area contributed by atoms with Crippen LogP contribution in [0.2, 0.25) is 5.02 Å². The highest BCUT2D eigenvalue weighted by molar-refractivity contribution is 6.30. The van der Waals surface area contributed by atoms with Crippen molar-refractivity contribution >= 4 is 17.3 Å². The maximum absolute atomic E-state index is 5.83. The van der Waals surface area contributed by atoms with E-state index in [1.807, 2.05) is 42.5 Å². The molecule has 0 aliphatic heterocycles. The van der Waals surface area contributed by atoms with E-state index in [0.717, 1.165) is 16.4 Å². The number of halogens is 1. The molecule has 0 aliphatic rings. The molecule has 0 fully saturated rings. The zero-order chi connectivity index (χ0) is 11.4. The highest BCUT2D eigenvalue weighted by Crippen LogP contribution is 2.19. The second kappa shape index (κ2) is 4.99. The van der Waals surface area contributed by atoms with Gasteiger partial charge >= 0.3 is 0 Å². The van der Waals surface area contributed by atoms with Crippen LogP contribution in [0.5, 0.6) is 0 Å². The van der Waals surface area contributed by atoms with Crippen LogP contribution in [-0.4, -0.2) is 4.98 Å². The topological polar surface area (TPSA) is 24.9 Å². The summed E-state index contributed by atoms with van der Waals surface area (Å²) in [6.45, 7) is 2.08. The van der Waals surface area contributed by atoms with Crippen LogP contribution in [0, 0.1) is 0 Å².